The zero-order valence-corrected chi connectivity index (χ0v) is 6.49. The lowest BCUT2D eigenvalue weighted by Crippen LogP contribution is -2.32. The lowest BCUT2D eigenvalue weighted by molar-refractivity contribution is -0.732. The zero-order chi connectivity index (χ0) is 6.15. The van der Waals surface area contributed by atoms with Crippen LogP contribution < -0.4 is 4.68 Å². The minimum absolute atomic E-state index is 1.03. The highest BCUT2D eigenvalue weighted by molar-refractivity contribution is 9.10. The van der Waals surface area contributed by atoms with Gasteiger partial charge in [0.25, 0.3) is 0 Å². The Bertz CT molecular complexity index is 173. The maximum atomic E-state index is 3.31. The van der Waals surface area contributed by atoms with Crippen LogP contribution in [0.4, 0.5) is 0 Å². The number of nitrogens with one attached hydrogen (secondary N) is 1. The first-order valence-electron chi connectivity index (χ1n) is 2.41. The molecule has 1 rings (SSSR count). The first-order valence-corrected chi connectivity index (χ1v) is 3.20. The third-order valence-electron chi connectivity index (χ3n) is 1.14. The molecule has 8 heavy (non-hydrogen) atoms. The van der Waals surface area contributed by atoms with Gasteiger partial charge in [-0.1, -0.05) is 0 Å². The fourth-order valence-corrected chi connectivity index (χ4v) is 1.16. The fraction of sp³-hybridized carbons (Fsp3) is 0.400. The van der Waals surface area contributed by atoms with E-state index in [1.54, 1.807) is 0 Å². The van der Waals surface area contributed by atoms with Gasteiger partial charge in [-0.05, 0) is 15.9 Å². The van der Waals surface area contributed by atoms with Crippen molar-refractivity contribution >= 4 is 15.9 Å². The molecule has 2 nitrogen and oxygen atoms in total. The standard InChI is InChI=1S/C5H7BrN2/c1-4-3-5(6)7-8(4)2/h3H,1-2H3/p+1. The second-order valence-electron chi connectivity index (χ2n) is 1.80. The van der Waals surface area contributed by atoms with Crippen LogP contribution in [0.3, 0.4) is 0 Å². The zero-order valence-electron chi connectivity index (χ0n) is 4.90. The summed E-state index contributed by atoms with van der Waals surface area (Å²) in [6, 6.07) is 2.03. The molecule has 0 spiro atoms. The lowest BCUT2D eigenvalue weighted by atomic mass is 10.5. The molecular formula is C5H8BrN2+. The summed E-state index contributed by atoms with van der Waals surface area (Å²) in [4.78, 5) is 0. The number of aromatic amines is 1. The van der Waals surface area contributed by atoms with Crippen LogP contribution in [0.25, 0.3) is 0 Å². The van der Waals surface area contributed by atoms with Crippen molar-refractivity contribution in [3.8, 4) is 0 Å². The molecule has 0 amide bonds. The van der Waals surface area contributed by atoms with Gasteiger partial charge in [0.05, 0.1) is 0 Å². The second kappa shape index (κ2) is 1.90. The number of rotatable bonds is 0. The van der Waals surface area contributed by atoms with Gasteiger partial charge in [0.2, 0.25) is 5.69 Å². The number of nitrogens with zero attached hydrogens (tertiary/aromatic N) is 1. The number of halogens is 1. The maximum Gasteiger partial charge on any atom is 0.205 e. The summed E-state index contributed by atoms with van der Waals surface area (Å²) in [5.74, 6) is 0. The Kier molecular flexibility index (Phi) is 1.38. The predicted octanol–water partition coefficient (Wildman–Crippen LogP) is 0.910. The highest BCUT2D eigenvalue weighted by atomic mass is 79.9. The Morgan fingerprint density at radius 3 is 2.50 bits per heavy atom. The number of H-pyrrole nitrogens is 1. The van der Waals surface area contributed by atoms with Gasteiger partial charge < -0.3 is 0 Å². The SMILES string of the molecule is Cc1cc(Br)[nH][n+]1C. The van der Waals surface area contributed by atoms with Crippen molar-refractivity contribution in [1.29, 1.82) is 0 Å². The molecule has 0 aliphatic carbocycles. The van der Waals surface area contributed by atoms with Gasteiger partial charge in [0.1, 0.15) is 4.60 Å². The van der Waals surface area contributed by atoms with Gasteiger partial charge in [0.15, 0.2) is 7.05 Å². The largest absolute Gasteiger partial charge is 0.205 e. The van der Waals surface area contributed by atoms with Crippen LogP contribution in [0.5, 0.6) is 0 Å². The Labute approximate surface area is 56.6 Å². The minimum atomic E-state index is 1.03. The molecule has 1 aromatic heterocycles. The quantitative estimate of drug-likeness (QED) is 0.567. The topological polar surface area (TPSA) is 19.7 Å². The van der Waals surface area contributed by atoms with Crippen LogP contribution in [0.2, 0.25) is 0 Å². The van der Waals surface area contributed by atoms with E-state index in [1.165, 1.54) is 5.69 Å². The Morgan fingerprint density at radius 1 is 1.75 bits per heavy atom. The maximum absolute atomic E-state index is 3.31. The number of aromatic nitrogens is 2. The molecule has 0 saturated heterocycles. The molecule has 44 valence electrons. The minimum Gasteiger partial charge on any atom is -0.159 e. The smallest absolute Gasteiger partial charge is 0.159 e. The van der Waals surface area contributed by atoms with Gasteiger partial charge in [-0.25, -0.2) is 0 Å². The summed E-state index contributed by atoms with van der Waals surface area (Å²) < 4.78 is 2.97. The van der Waals surface area contributed by atoms with E-state index in [0.717, 1.165) is 4.60 Å². The van der Waals surface area contributed by atoms with E-state index in [4.69, 9.17) is 0 Å². The van der Waals surface area contributed by atoms with Crippen LogP contribution in [0.15, 0.2) is 10.7 Å². The van der Waals surface area contributed by atoms with Crippen LogP contribution in [0, 0.1) is 6.92 Å². The molecule has 0 aromatic carbocycles. The number of hydrogen-bond acceptors (Lipinski definition) is 0. The van der Waals surface area contributed by atoms with Crippen LogP contribution in [-0.2, 0) is 7.05 Å². The first kappa shape index (κ1) is 5.82. The second-order valence-corrected chi connectivity index (χ2v) is 2.66. The summed E-state index contributed by atoms with van der Waals surface area (Å²) >= 11 is 3.31. The molecule has 0 saturated carbocycles. The van der Waals surface area contributed by atoms with Crippen LogP contribution >= 0.6 is 15.9 Å². The molecule has 0 atom stereocenters. The molecule has 0 aliphatic heterocycles. The van der Waals surface area contributed by atoms with Gasteiger partial charge in [0, 0.05) is 13.0 Å². The molecule has 1 N–H and O–H groups in total. The Balaban J connectivity index is 3.14. The molecule has 1 aromatic rings. The summed E-state index contributed by atoms with van der Waals surface area (Å²) in [5.41, 5.74) is 1.22. The molecule has 0 fully saturated rings. The summed E-state index contributed by atoms with van der Waals surface area (Å²) in [6.07, 6.45) is 0. The molecule has 0 bridgehead atoms. The summed E-state index contributed by atoms with van der Waals surface area (Å²) in [5, 5.41) is 3.04. The predicted molar refractivity (Wildman–Crippen MR) is 34.4 cm³/mol. The fourth-order valence-electron chi connectivity index (χ4n) is 0.561. The van der Waals surface area contributed by atoms with E-state index >= 15 is 0 Å². The van der Waals surface area contributed by atoms with Crippen molar-refractivity contribution in [2.75, 3.05) is 0 Å². The van der Waals surface area contributed by atoms with Crippen molar-refractivity contribution in [2.45, 2.75) is 6.92 Å². The van der Waals surface area contributed by atoms with Crippen molar-refractivity contribution < 1.29 is 4.68 Å². The van der Waals surface area contributed by atoms with Gasteiger partial charge >= 0.3 is 0 Å². The highest BCUT2D eigenvalue weighted by Crippen LogP contribution is 2.02. The van der Waals surface area contributed by atoms with Crippen LogP contribution in [0.1, 0.15) is 5.69 Å². The molecule has 1 heterocycles. The van der Waals surface area contributed by atoms with Crippen LogP contribution in [-0.4, -0.2) is 5.10 Å². The van der Waals surface area contributed by atoms with Gasteiger partial charge in [-0.15, -0.1) is 4.68 Å². The van der Waals surface area contributed by atoms with Crippen molar-refractivity contribution in [1.82, 2.24) is 5.10 Å². The van der Waals surface area contributed by atoms with Gasteiger partial charge in [-0.3, -0.25) is 0 Å². The molecule has 0 unspecified atom stereocenters. The van der Waals surface area contributed by atoms with E-state index in [1.807, 2.05) is 24.7 Å². The molecule has 0 radical (unpaired) electrons. The van der Waals surface area contributed by atoms with E-state index in [0.29, 0.717) is 0 Å². The third kappa shape index (κ3) is 0.916. The third-order valence-corrected chi connectivity index (χ3v) is 1.55. The monoisotopic (exact) mass is 175 g/mol. The van der Waals surface area contributed by atoms with Gasteiger partial charge in [-0.2, -0.15) is 5.10 Å². The van der Waals surface area contributed by atoms with E-state index in [-0.39, 0.29) is 0 Å². The Morgan fingerprint density at radius 2 is 2.38 bits per heavy atom. The van der Waals surface area contributed by atoms with Crippen molar-refractivity contribution in [2.24, 2.45) is 7.05 Å². The summed E-state index contributed by atoms with van der Waals surface area (Å²) in [7, 11) is 1.97. The first-order chi connectivity index (χ1) is 3.70. The van der Waals surface area contributed by atoms with E-state index < -0.39 is 0 Å². The van der Waals surface area contributed by atoms with E-state index in [2.05, 4.69) is 21.0 Å². The molecule has 3 heteroatoms. The highest BCUT2D eigenvalue weighted by Gasteiger charge is 2.01. The van der Waals surface area contributed by atoms with Crippen molar-refractivity contribution in [3.05, 3.63) is 16.4 Å². The lowest BCUT2D eigenvalue weighted by Gasteiger charge is -1.75. The Hall–Kier alpha value is -0.310. The average molecular weight is 176 g/mol. The summed E-state index contributed by atoms with van der Waals surface area (Å²) in [6.45, 7) is 2.04. The molecule has 0 aliphatic rings. The molecular weight excluding hydrogens is 168 g/mol. The normalized spacial score (nSPS) is 9.88. The van der Waals surface area contributed by atoms with Crippen molar-refractivity contribution in [3.63, 3.8) is 0 Å². The average Bonchev–Trinajstić information content (AvgIpc) is 1.85. The number of hydrogen-bond donors (Lipinski definition) is 1. The van der Waals surface area contributed by atoms with E-state index in [9.17, 15) is 0 Å². The number of aryl methyl sites for hydroxylation is 2.